The lowest BCUT2D eigenvalue weighted by Crippen LogP contribution is -1.96. The third-order valence-corrected chi connectivity index (χ3v) is 3.02. The van der Waals surface area contributed by atoms with Crippen LogP contribution in [0.15, 0.2) is 23.5 Å². The first-order chi connectivity index (χ1) is 8.24. The summed E-state index contributed by atoms with van der Waals surface area (Å²) < 4.78 is 4.95. The van der Waals surface area contributed by atoms with Gasteiger partial charge in [0.05, 0.1) is 5.57 Å². The second-order valence-electron chi connectivity index (χ2n) is 4.71. The van der Waals surface area contributed by atoms with Crippen molar-refractivity contribution in [3.05, 3.63) is 23.5 Å². The molecule has 0 saturated carbocycles. The van der Waals surface area contributed by atoms with Crippen LogP contribution in [-0.4, -0.2) is 5.97 Å². The van der Waals surface area contributed by atoms with E-state index >= 15 is 0 Å². The molecule has 0 aromatic rings. The Bertz CT molecular complexity index is 300. The quantitative estimate of drug-likeness (QED) is 0.352. The van der Waals surface area contributed by atoms with Crippen LogP contribution in [0.2, 0.25) is 0 Å². The summed E-state index contributed by atoms with van der Waals surface area (Å²) in [5.74, 6) is 0.520. The van der Waals surface area contributed by atoms with Crippen LogP contribution in [0.1, 0.15) is 65.2 Å². The van der Waals surface area contributed by atoms with Crippen LogP contribution in [0.5, 0.6) is 0 Å². The number of carbonyl (C=O) groups is 1. The topological polar surface area (TPSA) is 26.3 Å². The average molecular weight is 236 g/mol. The normalized spacial score (nSPS) is 17.4. The Labute approximate surface area is 105 Å². The lowest BCUT2D eigenvalue weighted by Gasteiger charge is -1.99. The zero-order valence-corrected chi connectivity index (χ0v) is 11.1. The molecule has 0 bridgehead atoms. The van der Waals surface area contributed by atoms with Crippen molar-refractivity contribution < 1.29 is 9.53 Å². The third-order valence-electron chi connectivity index (χ3n) is 3.02. The lowest BCUT2D eigenvalue weighted by atomic mass is 10.1. The molecule has 1 aliphatic heterocycles. The second-order valence-corrected chi connectivity index (χ2v) is 4.71. The summed E-state index contributed by atoms with van der Waals surface area (Å²) in [6.07, 6.45) is 14.0. The Hall–Kier alpha value is -1.05. The largest absolute Gasteiger partial charge is 0.428 e. The van der Waals surface area contributed by atoms with Gasteiger partial charge < -0.3 is 4.74 Å². The molecule has 0 saturated heterocycles. The van der Waals surface area contributed by atoms with Crippen molar-refractivity contribution in [3.8, 4) is 0 Å². The van der Waals surface area contributed by atoms with Gasteiger partial charge >= 0.3 is 5.97 Å². The molecule has 2 heteroatoms. The van der Waals surface area contributed by atoms with Gasteiger partial charge in [-0.3, -0.25) is 0 Å². The summed E-state index contributed by atoms with van der Waals surface area (Å²) in [5.41, 5.74) is 0.730. The van der Waals surface area contributed by atoms with E-state index < -0.39 is 0 Å². The molecule has 0 fully saturated rings. The molecule has 0 aliphatic carbocycles. The maximum atomic E-state index is 11.3. The molecule has 0 aromatic carbocycles. The van der Waals surface area contributed by atoms with Gasteiger partial charge in [-0.2, -0.15) is 0 Å². The number of esters is 1. The molecular weight excluding hydrogens is 212 g/mol. The highest BCUT2D eigenvalue weighted by molar-refractivity contribution is 5.94. The summed E-state index contributed by atoms with van der Waals surface area (Å²) in [6.45, 7) is 4.05. The third kappa shape index (κ3) is 5.71. The van der Waals surface area contributed by atoms with E-state index in [1.165, 1.54) is 44.9 Å². The highest BCUT2D eigenvalue weighted by Crippen LogP contribution is 2.17. The Morgan fingerprint density at radius 2 is 1.76 bits per heavy atom. The van der Waals surface area contributed by atoms with Crippen LogP contribution in [-0.2, 0) is 9.53 Å². The number of unbranched alkanes of at least 4 members (excludes halogenated alkanes) is 7. The molecule has 0 spiro atoms. The molecule has 1 heterocycles. The fourth-order valence-corrected chi connectivity index (χ4v) is 2.01. The summed E-state index contributed by atoms with van der Waals surface area (Å²) in [7, 11) is 0. The zero-order chi connectivity index (χ0) is 12.5. The monoisotopic (exact) mass is 236 g/mol. The van der Waals surface area contributed by atoms with Gasteiger partial charge in [-0.15, -0.1) is 0 Å². The van der Waals surface area contributed by atoms with Gasteiger partial charge in [0.15, 0.2) is 0 Å². The van der Waals surface area contributed by atoms with Gasteiger partial charge in [0.25, 0.3) is 0 Å². The molecule has 0 amide bonds. The highest BCUT2D eigenvalue weighted by Gasteiger charge is 2.16. The van der Waals surface area contributed by atoms with Crippen molar-refractivity contribution >= 4 is 5.97 Å². The van der Waals surface area contributed by atoms with Gasteiger partial charge in [0, 0.05) is 0 Å². The molecule has 0 aromatic heterocycles. The number of ether oxygens (including phenoxy) is 1. The summed E-state index contributed by atoms with van der Waals surface area (Å²) in [6, 6.07) is 0. The predicted molar refractivity (Wildman–Crippen MR) is 70.5 cm³/mol. The number of allylic oxidation sites excluding steroid dienone is 2. The van der Waals surface area contributed by atoms with E-state index in [0.29, 0.717) is 5.76 Å². The van der Waals surface area contributed by atoms with E-state index in [-0.39, 0.29) is 5.97 Å². The maximum Gasteiger partial charge on any atom is 0.342 e. The van der Waals surface area contributed by atoms with Crippen LogP contribution in [0.3, 0.4) is 0 Å². The SMILES string of the molecule is CCCCCCCCCC=C1C=C(C)OC1=O. The van der Waals surface area contributed by atoms with Crippen molar-refractivity contribution in [2.75, 3.05) is 0 Å². The van der Waals surface area contributed by atoms with Crippen LogP contribution in [0, 0.1) is 0 Å². The molecule has 1 rings (SSSR count). The number of hydrogen-bond acceptors (Lipinski definition) is 2. The first-order valence-electron chi connectivity index (χ1n) is 6.84. The molecule has 0 atom stereocenters. The second kappa shape index (κ2) is 8.10. The lowest BCUT2D eigenvalue weighted by molar-refractivity contribution is -0.133. The number of rotatable bonds is 8. The fraction of sp³-hybridized carbons (Fsp3) is 0.667. The number of carbonyl (C=O) groups excluding carboxylic acids is 1. The van der Waals surface area contributed by atoms with Crippen molar-refractivity contribution in [1.82, 2.24) is 0 Å². The molecule has 0 unspecified atom stereocenters. The van der Waals surface area contributed by atoms with E-state index in [4.69, 9.17) is 4.74 Å². The standard InChI is InChI=1S/C15H24O2/c1-3-4-5-6-7-8-9-10-11-14-12-13(2)17-15(14)16/h11-12H,3-10H2,1-2H3. The van der Waals surface area contributed by atoms with Crippen molar-refractivity contribution in [3.63, 3.8) is 0 Å². The van der Waals surface area contributed by atoms with Gasteiger partial charge in [0.2, 0.25) is 0 Å². The molecule has 2 nitrogen and oxygen atoms in total. The first-order valence-corrected chi connectivity index (χ1v) is 6.84. The summed E-state index contributed by atoms with van der Waals surface area (Å²) >= 11 is 0. The van der Waals surface area contributed by atoms with Crippen LogP contribution in [0.25, 0.3) is 0 Å². The molecule has 0 N–H and O–H groups in total. The molecule has 17 heavy (non-hydrogen) atoms. The average Bonchev–Trinajstić information content (AvgIpc) is 2.61. The van der Waals surface area contributed by atoms with Crippen LogP contribution in [0.4, 0.5) is 0 Å². The zero-order valence-electron chi connectivity index (χ0n) is 11.1. The maximum absolute atomic E-state index is 11.3. The minimum Gasteiger partial charge on any atom is -0.428 e. The molecular formula is C15H24O2. The smallest absolute Gasteiger partial charge is 0.342 e. The summed E-state index contributed by atoms with van der Waals surface area (Å²) in [4.78, 5) is 11.3. The van der Waals surface area contributed by atoms with Crippen molar-refractivity contribution in [2.24, 2.45) is 0 Å². The molecule has 1 aliphatic rings. The highest BCUT2D eigenvalue weighted by atomic mass is 16.5. The number of cyclic esters (lactones) is 1. The Morgan fingerprint density at radius 3 is 2.35 bits per heavy atom. The van der Waals surface area contributed by atoms with Gasteiger partial charge in [-0.25, -0.2) is 4.79 Å². The van der Waals surface area contributed by atoms with E-state index in [1.54, 1.807) is 0 Å². The minimum absolute atomic E-state index is 0.189. The fourth-order valence-electron chi connectivity index (χ4n) is 2.01. The van der Waals surface area contributed by atoms with Crippen LogP contribution >= 0.6 is 0 Å². The minimum atomic E-state index is -0.189. The Balaban J connectivity index is 2.04. The van der Waals surface area contributed by atoms with Crippen LogP contribution < -0.4 is 0 Å². The summed E-state index contributed by atoms with van der Waals surface area (Å²) in [5, 5.41) is 0. The van der Waals surface area contributed by atoms with Crippen molar-refractivity contribution in [1.29, 1.82) is 0 Å². The Kier molecular flexibility index (Phi) is 6.68. The van der Waals surface area contributed by atoms with E-state index in [9.17, 15) is 4.79 Å². The molecule has 0 radical (unpaired) electrons. The van der Waals surface area contributed by atoms with Crippen molar-refractivity contribution in [2.45, 2.75) is 65.2 Å². The van der Waals surface area contributed by atoms with E-state index in [1.807, 2.05) is 19.1 Å². The van der Waals surface area contributed by atoms with Gasteiger partial charge in [0.1, 0.15) is 5.76 Å². The Morgan fingerprint density at radius 1 is 1.12 bits per heavy atom. The number of hydrogen-bond donors (Lipinski definition) is 0. The van der Waals surface area contributed by atoms with E-state index in [2.05, 4.69) is 6.92 Å². The molecule has 96 valence electrons. The van der Waals surface area contributed by atoms with E-state index in [0.717, 1.165) is 12.0 Å². The van der Waals surface area contributed by atoms with Gasteiger partial charge in [-0.05, 0) is 25.8 Å². The predicted octanol–water partition coefficient (Wildman–Crippen LogP) is 4.51. The van der Waals surface area contributed by atoms with Gasteiger partial charge in [-0.1, -0.05) is 51.5 Å². The first kappa shape index (κ1) is 14.0.